The van der Waals surface area contributed by atoms with Gasteiger partial charge in [-0.25, -0.2) is 4.79 Å². The van der Waals surface area contributed by atoms with Crippen LogP contribution in [0.25, 0.3) is 0 Å². The van der Waals surface area contributed by atoms with Crippen molar-refractivity contribution >= 4 is 5.97 Å². The molecule has 0 amide bonds. The van der Waals surface area contributed by atoms with Crippen LogP contribution in [-0.4, -0.2) is 12.6 Å². The molecule has 4 nitrogen and oxygen atoms in total. The highest BCUT2D eigenvalue weighted by Crippen LogP contribution is 2.26. The zero-order chi connectivity index (χ0) is 14.4. The lowest BCUT2D eigenvalue weighted by Crippen LogP contribution is -2.06. The van der Waals surface area contributed by atoms with Crippen molar-refractivity contribution in [1.29, 1.82) is 5.26 Å². The predicted molar refractivity (Wildman–Crippen MR) is 73.6 cm³/mol. The molecule has 0 saturated carbocycles. The van der Waals surface area contributed by atoms with E-state index in [1.807, 2.05) is 6.07 Å². The number of ether oxygens (including phenoxy) is 2. The first kappa shape index (κ1) is 13.6. The first-order chi connectivity index (χ1) is 9.74. The number of carbonyl (C=O) groups is 1. The molecule has 0 atom stereocenters. The Bertz CT molecular complexity index is 659. The van der Waals surface area contributed by atoms with E-state index in [1.54, 1.807) is 55.5 Å². The lowest BCUT2D eigenvalue weighted by atomic mass is 10.2. The maximum atomic E-state index is 11.8. The van der Waals surface area contributed by atoms with Gasteiger partial charge in [0.2, 0.25) is 0 Å². The maximum Gasteiger partial charge on any atom is 0.341 e. The van der Waals surface area contributed by atoms with Gasteiger partial charge in [0.05, 0.1) is 18.2 Å². The van der Waals surface area contributed by atoms with E-state index in [9.17, 15) is 4.79 Å². The van der Waals surface area contributed by atoms with Gasteiger partial charge in [0.25, 0.3) is 0 Å². The molecule has 0 saturated heterocycles. The molecule has 0 unspecified atom stereocenters. The van der Waals surface area contributed by atoms with E-state index in [-0.39, 0.29) is 0 Å². The second kappa shape index (κ2) is 6.39. The van der Waals surface area contributed by atoms with Crippen LogP contribution in [-0.2, 0) is 4.74 Å². The Balaban J connectivity index is 2.29. The van der Waals surface area contributed by atoms with Gasteiger partial charge in [-0.2, -0.15) is 5.26 Å². The van der Waals surface area contributed by atoms with Gasteiger partial charge >= 0.3 is 5.97 Å². The first-order valence-corrected chi connectivity index (χ1v) is 6.18. The minimum absolute atomic E-state index is 0.303. The quantitative estimate of drug-likeness (QED) is 0.795. The summed E-state index contributed by atoms with van der Waals surface area (Å²) in [6, 6.07) is 15.6. The maximum absolute atomic E-state index is 11.8. The molecule has 0 radical (unpaired) electrons. The summed E-state index contributed by atoms with van der Waals surface area (Å²) in [6.07, 6.45) is 0. The zero-order valence-electron chi connectivity index (χ0n) is 11.0. The number of para-hydroxylation sites is 1. The molecule has 0 aromatic heterocycles. The Kier molecular flexibility index (Phi) is 4.35. The minimum atomic E-state index is -0.431. The van der Waals surface area contributed by atoms with Gasteiger partial charge in [0, 0.05) is 0 Å². The third-order valence-corrected chi connectivity index (χ3v) is 2.57. The summed E-state index contributed by atoms with van der Waals surface area (Å²) in [7, 11) is 0. The second-order valence-corrected chi connectivity index (χ2v) is 3.96. The van der Waals surface area contributed by atoms with E-state index >= 15 is 0 Å². The van der Waals surface area contributed by atoms with Crippen LogP contribution in [0.1, 0.15) is 22.8 Å². The highest BCUT2D eigenvalue weighted by atomic mass is 16.5. The molecule has 2 aromatic carbocycles. The van der Waals surface area contributed by atoms with Crippen LogP contribution in [0.3, 0.4) is 0 Å². The van der Waals surface area contributed by atoms with Gasteiger partial charge in [-0.1, -0.05) is 18.2 Å². The number of hydrogen-bond donors (Lipinski definition) is 0. The van der Waals surface area contributed by atoms with E-state index in [0.29, 0.717) is 29.2 Å². The van der Waals surface area contributed by atoms with E-state index in [2.05, 4.69) is 0 Å². The highest BCUT2D eigenvalue weighted by Gasteiger charge is 2.13. The van der Waals surface area contributed by atoms with Crippen molar-refractivity contribution in [1.82, 2.24) is 0 Å². The number of carbonyl (C=O) groups excluding carboxylic acids is 1. The van der Waals surface area contributed by atoms with Crippen molar-refractivity contribution in [3.8, 4) is 17.6 Å². The molecule has 20 heavy (non-hydrogen) atoms. The molecule has 2 aromatic rings. The number of nitrogens with zero attached hydrogens (tertiary/aromatic N) is 1. The topological polar surface area (TPSA) is 59.3 Å². The molecule has 0 bridgehead atoms. The number of nitriles is 1. The Morgan fingerprint density at radius 2 is 2.00 bits per heavy atom. The van der Waals surface area contributed by atoms with Crippen molar-refractivity contribution in [2.24, 2.45) is 0 Å². The number of esters is 1. The molecular weight excluding hydrogens is 254 g/mol. The molecule has 0 aliphatic rings. The van der Waals surface area contributed by atoms with Gasteiger partial charge in [-0.05, 0) is 37.3 Å². The number of benzene rings is 2. The van der Waals surface area contributed by atoms with Gasteiger partial charge in [0.1, 0.15) is 17.1 Å². The summed E-state index contributed by atoms with van der Waals surface area (Å²) in [4.78, 5) is 11.8. The summed E-state index contributed by atoms with van der Waals surface area (Å²) in [5.41, 5.74) is 0.854. The molecule has 0 aliphatic heterocycles. The Morgan fingerprint density at radius 3 is 2.75 bits per heavy atom. The monoisotopic (exact) mass is 267 g/mol. The second-order valence-electron chi connectivity index (χ2n) is 3.96. The molecule has 0 fully saturated rings. The summed E-state index contributed by atoms with van der Waals surface area (Å²) < 4.78 is 10.6. The van der Waals surface area contributed by atoms with Gasteiger partial charge in [-0.3, -0.25) is 0 Å². The van der Waals surface area contributed by atoms with Gasteiger partial charge in [0.15, 0.2) is 0 Å². The molecule has 0 heterocycles. The van der Waals surface area contributed by atoms with E-state index in [0.717, 1.165) is 0 Å². The van der Waals surface area contributed by atoms with E-state index in [4.69, 9.17) is 14.7 Å². The Labute approximate surface area is 117 Å². The van der Waals surface area contributed by atoms with Gasteiger partial charge < -0.3 is 9.47 Å². The highest BCUT2D eigenvalue weighted by molar-refractivity contribution is 5.92. The van der Waals surface area contributed by atoms with Crippen molar-refractivity contribution in [2.75, 3.05) is 6.61 Å². The normalized spacial score (nSPS) is 9.60. The lowest BCUT2D eigenvalue weighted by molar-refractivity contribution is 0.0523. The SMILES string of the molecule is CCOC(=O)c1ccccc1Oc1cccc(C#N)c1. The fourth-order valence-corrected chi connectivity index (χ4v) is 1.69. The largest absolute Gasteiger partial charge is 0.462 e. The van der Waals surface area contributed by atoms with Crippen molar-refractivity contribution in [2.45, 2.75) is 6.92 Å². The average Bonchev–Trinajstić information content (AvgIpc) is 2.48. The smallest absolute Gasteiger partial charge is 0.341 e. The van der Waals surface area contributed by atoms with E-state index < -0.39 is 5.97 Å². The average molecular weight is 267 g/mol. The molecule has 0 N–H and O–H groups in total. The standard InChI is InChI=1S/C16H13NO3/c1-2-19-16(18)14-8-3-4-9-15(14)20-13-7-5-6-12(10-13)11-17/h3-10H,2H2,1H3. The Morgan fingerprint density at radius 1 is 1.20 bits per heavy atom. The molecular formula is C16H13NO3. The summed E-state index contributed by atoms with van der Waals surface area (Å²) in [5.74, 6) is 0.473. The minimum Gasteiger partial charge on any atom is -0.462 e. The van der Waals surface area contributed by atoms with Crippen LogP contribution < -0.4 is 4.74 Å². The van der Waals surface area contributed by atoms with Crippen LogP contribution in [0.2, 0.25) is 0 Å². The van der Waals surface area contributed by atoms with Crippen LogP contribution in [0.15, 0.2) is 48.5 Å². The van der Waals surface area contributed by atoms with E-state index in [1.165, 1.54) is 0 Å². The van der Waals surface area contributed by atoms with Crippen LogP contribution in [0, 0.1) is 11.3 Å². The fraction of sp³-hybridized carbons (Fsp3) is 0.125. The fourth-order valence-electron chi connectivity index (χ4n) is 1.69. The van der Waals surface area contributed by atoms with Crippen molar-refractivity contribution in [3.63, 3.8) is 0 Å². The third-order valence-electron chi connectivity index (χ3n) is 2.57. The Hall–Kier alpha value is -2.80. The summed E-state index contributed by atoms with van der Waals surface area (Å²) in [6.45, 7) is 2.05. The lowest BCUT2D eigenvalue weighted by Gasteiger charge is -2.10. The van der Waals surface area contributed by atoms with Crippen molar-refractivity contribution in [3.05, 3.63) is 59.7 Å². The van der Waals surface area contributed by atoms with Crippen LogP contribution in [0.4, 0.5) is 0 Å². The predicted octanol–water partition coefficient (Wildman–Crippen LogP) is 3.53. The third kappa shape index (κ3) is 3.15. The van der Waals surface area contributed by atoms with Crippen LogP contribution in [0.5, 0.6) is 11.5 Å². The van der Waals surface area contributed by atoms with Crippen LogP contribution >= 0.6 is 0 Å². The molecule has 4 heteroatoms. The van der Waals surface area contributed by atoms with Crippen molar-refractivity contribution < 1.29 is 14.3 Å². The zero-order valence-corrected chi connectivity index (χ0v) is 11.0. The summed E-state index contributed by atoms with van der Waals surface area (Å²) >= 11 is 0. The molecule has 0 spiro atoms. The molecule has 100 valence electrons. The molecule has 2 rings (SSSR count). The molecule has 0 aliphatic carbocycles. The first-order valence-electron chi connectivity index (χ1n) is 6.18. The number of hydrogen-bond acceptors (Lipinski definition) is 4. The van der Waals surface area contributed by atoms with Gasteiger partial charge in [-0.15, -0.1) is 0 Å². The summed E-state index contributed by atoms with van der Waals surface area (Å²) in [5, 5.41) is 8.86. The number of rotatable bonds is 4.